The van der Waals surface area contributed by atoms with Crippen LogP contribution in [0.1, 0.15) is 30.7 Å². The molecule has 0 unspecified atom stereocenters. The Morgan fingerprint density at radius 1 is 1.23 bits per heavy atom. The molecule has 140 valence electrons. The van der Waals surface area contributed by atoms with Crippen molar-refractivity contribution >= 4 is 11.8 Å². The molecule has 5 nitrogen and oxygen atoms in total. The molecule has 2 saturated heterocycles. The van der Waals surface area contributed by atoms with E-state index in [9.17, 15) is 9.59 Å². The number of carbonyl (C=O) groups excluding carboxylic acids is 2. The number of likely N-dealkylation sites (tertiary alicyclic amines) is 2. The highest BCUT2D eigenvalue weighted by Gasteiger charge is 2.57. The summed E-state index contributed by atoms with van der Waals surface area (Å²) in [5.74, 6) is 1.23. The lowest BCUT2D eigenvalue weighted by atomic mass is 9.73. The zero-order valence-corrected chi connectivity index (χ0v) is 15.9. The average molecular weight is 355 g/mol. The first kappa shape index (κ1) is 17.5. The molecule has 26 heavy (non-hydrogen) atoms. The summed E-state index contributed by atoms with van der Waals surface area (Å²) in [6.07, 6.45) is 3.51. The highest BCUT2D eigenvalue weighted by Crippen LogP contribution is 2.50. The van der Waals surface area contributed by atoms with Gasteiger partial charge in [0.1, 0.15) is 0 Å². The summed E-state index contributed by atoms with van der Waals surface area (Å²) in [6, 6.07) is 10.5. The molecule has 0 bridgehead atoms. The summed E-state index contributed by atoms with van der Waals surface area (Å²) in [6.45, 7) is 3.82. The molecule has 2 atom stereocenters. The molecule has 3 fully saturated rings. The van der Waals surface area contributed by atoms with E-state index < -0.39 is 0 Å². The fourth-order valence-electron chi connectivity index (χ4n) is 4.70. The quantitative estimate of drug-likeness (QED) is 0.809. The molecular formula is C21H29N3O2. The summed E-state index contributed by atoms with van der Waals surface area (Å²) < 4.78 is 0. The number of amides is 2. The number of hydrogen-bond donors (Lipinski definition) is 0. The van der Waals surface area contributed by atoms with E-state index >= 15 is 0 Å². The summed E-state index contributed by atoms with van der Waals surface area (Å²) in [4.78, 5) is 31.5. The van der Waals surface area contributed by atoms with Gasteiger partial charge in [-0.15, -0.1) is 0 Å². The molecule has 2 amide bonds. The fraction of sp³-hybridized carbons (Fsp3) is 0.619. The average Bonchev–Trinajstić information content (AvgIpc) is 3.30. The summed E-state index contributed by atoms with van der Waals surface area (Å²) >= 11 is 0. The maximum Gasteiger partial charge on any atom is 0.241 e. The van der Waals surface area contributed by atoms with Gasteiger partial charge in [0.05, 0.1) is 12.0 Å². The van der Waals surface area contributed by atoms with Gasteiger partial charge in [-0.3, -0.25) is 9.59 Å². The van der Waals surface area contributed by atoms with Crippen LogP contribution >= 0.6 is 0 Å². The second kappa shape index (κ2) is 6.69. The minimum atomic E-state index is -0.358. The molecule has 1 aliphatic carbocycles. The molecule has 1 aromatic carbocycles. The summed E-state index contributed by atoms with van der Waals surface area (Å²) in [7, 11) is 3.50. The molecule has 1 aromatic rings. The van der Waals surface area contributed by atoms with Crippen molar-refractivity contribution in [3.8, 4) is 0 Å². The largest absolute Gasteiger partial charge is 0.347 e. The molecule has 3 aliphatic rings. The summed E-state index contributed by atoms with van der Waals surface area (Å²) in [5, 5.41) is 0. The monoisotopic (exact) mass is 355 g/mol. The van der Waals surface area contributed by atoms with Crippen molar-refractivity contribution in [3.05, 3.63) is 35.9 Å². The van der Waals surface area contributed by atoms with Crippen molar-refractivity contribution in [1.82, 2.24) is 14.7 Å². The SMILES string of the molecule is CN(C)C(=O)CN1CC[C@@]2(CN(CC3CC3)C[C@@H]2c2ccccc2)C1=O. The van der Waals surface area contributed by atoms with Crippen LogP contribution in [0, 0.1) is 11.3 Å². The number of likely N-dealkylation sites (N-methyl/N-ethyl adjacent to an activating group) is 1. The highest BCUT2D eigenvalue weighted by molar-refractivity contribution is 5.90. The highest BCUT2D eigenvalue weighted by atomic mass is 16.2. The van der Waals surface area contributed by atoms with Crippen LogP contribution in [0.2, 0.25) is 0 Å². The van der Waals surface area contributed by atoms with Gasteiger partial charge in [-0.05, 0) is 30.7 Å². The van der Waals surface area contributed by atoms with E-state index in [4.69, 9.17) is 0 Å². The van der Waals surface area contributed by atoms with Crippen LogP contribution in [0.4, 0.5) is 0 Å². The molecule has 0 aromatic heterocycles. The van der Waals surface area contributed by atoms with Gasteiger partial charge in [-0.2, -0.15) is 0 Å². The number of hydrogen-bond acceptors (Lipinski definition) is 3. The van der Waals surface area contributed by atoms with Gasteiger partial charge in [0.2, 0.25) is 11.8 Å². The van der Waals surface area contributed by atoms with Crippen molar-refractivity contribution < 1.29 is 9.59 Å². The van der Waals surface area contributed by atoms with Crippen molar-refractivity contribution in [3.63, 3.8) is 0 Å². The van der Waals surface area contributed by atoms with Crippen LogP contribution in [0.25, 0.3) is 0 Å². The predicted octanol–water partition coefficient (Wildman–Crippen LogP) is 1.80. The standard InChI is InChI=1S/C21H29N3O2/c1-22(2)19(25)14-24-11-10-21(20(24)26)15-23(12-16-8-9-16)13-18(21)17-6-4-3-5-7-17/h3-7,16,18H,8-15H2,1-2H3/t18-,21+/m1/s1. The van der Waals surface area contributed by atoms with E-state index in [1.807, 2.05) is 6.07 Å². The zero-order valence-electron chi connectivity index (χ0n) is 15.9. The maximum absolute atomic E-state index is 13.4. The molecule has 5 heteroatoms. The molecule has 4 rings (SSSR count). The van der Waals surface area contributed by atoms with E-state index in [-0.39, 0.29) is 29.7 Å². The Balaban J connectivity index is 1.58. The van der Waals surface area contributed by atoms with Gasteiger partial charge in [0, 0.05) is 46.2 Å². The Morgan fingerprint density at radius 3 is 2.62 bits per heavy atom. The van der Waals surface area contributed by atoms with E-state index in [2.05, 4.69) is 29.2 Å². The first-order valence-electron chi connectivity index (χ1n) is 9.76. The molecule has 0 radical (unpaired) electrons. The number of carbonyl (C=O) groups is 2. The van der Waals surface area contributed by atoms with Gasteiger partial charge >= 0.3 is 0 Å². The van der Waals surface area contributed by atoms with Crippen LogP contribution in [0.15, 0.2) is 30.3 Å². The summed E-state index contributed by atoms with van der Waals surface area (Å²) in [5.41, 5.74) is 0.906. The van der Waals surface area contributed by atoms with Crippen molar-refractivity contribution in [1.29, 1.82) is 0 Å². The van der Waals surface area contributed by atoms with E-state index in [1.54, 1.807) is 23.9 Å². The molecule has 1 saturated carbocycles. The lowest BCUT2D eigenvalue weighted by Crippen LogP contribution is -2.43. The normalized spacial score (nSPS) is 28.9. The first-order chi connectivity index (χ1) is 12.5. The Kier molecular flexibility index (Phi) is 4.51. The Labute approximate surface area is 155 Å². The third-order valence-electron chi connectivity index (χ3n) is 6.39. The van der Waals surface area contributed by atoms with Gasteiger partial charge in [0.15, 0.2) is 0 Å². The smallest absolute Gasteiger partial charge is 0.241 e. The molecule has 0 N–H and O–H groups in total. The van der Waals surface area contributed by atoms with Crippen LogP contribution in [0.5, 0.6) is 0 Å². The maximum atomic E-state index is 13.4. The third-order valence-corrected chi connectivity index (χ3v) is 6.39. The third kappa shape index (κ3) is 3.13. The molecular weight excluding hydrogens is 326 g/mol. The topological polar surface area (TPSA) is 43.9 Å². The lowest BCUT2D eigenvalue weighted by molar-refractivity contribution is -0.141. The minimum Gasteiger partial charge on any atom is -0.347 e. The van der Waals surface area contributed by atoms with E-state index in [0.717, 1.165) is 32.0 Å². The van der Waals surface area contributed by atoms with Crippen molar-refractivity contribution in [2.75, 3.05) is 46.8 Å². The minimum absolute atomic E-state index is 0.000468. The number of nitrogens with zero attached hydrogens (tertiary/aromatic N) is 3. The Morgan fingerprint density at radius 2 is 1.96 bits per heavy atom. The lowest BCUT2D eigenvalue weighted by Gasteiger charge is -2.29. The second-order valence-electron chi connectivity index (χ2n) is 8.52. The van der Waals surface area contributed by atoms with Crippen molar-refractivity contribution in [2.24, 2.45) is 11.3 Å². The number of benzene rings is 1. The van der Waals surface area contributed by atoms with Crippen LogP contribution in [0.3, 0.4) is 0 Å². The Hall–Kier alpha value is -1.88. The molecule has 2 aliphatic heterocycles. The van der Waals surface area contributed by atoms with E-state index in [1.165, 1.54) is 18.4 Å². The molecule has 2 heterocycles. The van der Waals surface area contributed by atoms with Crippen molar-refractivity contribution in [2.45, 2.75) is 25.2 Å². The number of rotatable bonds is 5. The fourth-order valence-corrected chi connectivity index (χ4v) is 4.70. The van der Waals surface area contributed by atoms with E-state index in [0.29, 0.717) is 6.54 Å². The second-order valence-corrected chi connectivity index (χ2v) is 8.52. The Bertz CT molecular complexity index is 686. The van der Waals surface area contributed by atoms with Crippen LogP contribution in [-0.2, 0) is 9.59 Å². The van der Waals surface area contributed by atoms with Gasteiger partial charge in [0.25, 0.3) is 0 Å². The predicted molar refractivity (Wildman–Crippen MR) is 101 cm³/mol. The van der Waals surface area contributed by atoms with Crippen LogP contribution < -0.4 is 0 Å². The first-order valence-corrected chi connectivity index (χ1v) is 9.76. The van der Waals surface area contributed by atoms with Gasteiger partial charge in [-0.25, -0.2) is 0 Å². The zero-order chi connectivity index (χ0) is 18.3. The van der Waals surface area contributed by atoms with Gasteiger partial charge in [-0.1, -0.05) is 30.3 Å². The molecule has 1 spiro atoms. The van der Waals surface area contributed by atoms with Gasteiger partial charge < -0.3 is 14.7 Å². The van der Waals surface area contributed by atoms with Crippen LogP contribution in [-0.4, -0.2) is 73.3 Å².